The molecule has 20 heavy (non-hydrogen) atoms. The molecule has 4 heteroatoms. The summed E-state index contributed by atoms with van der Waals surface area (Å²) in [4.78, 5) is 13.3. The van der Waals surface area contributed by atoms with Crippen molar-refractivity contribution < 1.29 is 9.53 Å². The summed E-state index contributed by atoms with van der Waals surface area (Å²) >= 11 is 1.67. The monoisotopic (exact) mass is 287 g/mol. The van der Waals surface area contributed by atoms with Crippen LogP contribution in [-0.4, -0.2) is 18.8 Å². The van der Waals surface area contributed by atoms with E-state index in [1.165, 1.54) is 0 Å². The van der Waals surface area contributed by atoms with Gasteiger partial charge >= 0.3 is 0 Å². The number of hydrogen-bond donors (Lipinski definition) is 1. The van der Waals surface area contributed by atoms with Gasteiger partial charge in [-0.25, -0.2) is 0 Å². The third-order valence-electron chi connectivity index (χ3n) is 2.78. The fourth-order valence-electron chi connectivity index (χ4n) is 1.81. The zero-order valence-corrected chi connectivity index (χ0v) is 12.4. The van der Waals surface area contributed by atoms with Crippen LogP contribution in [0.25, 0.3) is 0 Å². The summed E-state index contributed by atoms with van der Waals surface area (Å²) in [5.74, 6) is 1.61. The largest absolute Gasteiger partial charge is 0.497 e. The number of thioether (sulfide) groups is 1. The van der Waals surface area contributed by atoms with Crippen molar-refractivity contribution in [3.8, 4) is 5.75 Å². The van der Waals surface area contributed by atoms with Gasteiger partial charge in [0.1, 0.15) is 5.75 Å². The Morgan fingerprint density at radius 3 is 2.50 bits per heavy atom. The van der Waals surface area contributed by atoms with E-state index in [1.807, 2.05) is 48.5 Å². The number of carbonyl (C=O) groups is 1. The van der Waals surface area contributed by atoms with Gasteiger partial charge in [0.15, 0.2) is 0 Å². The van der Waals surface area contributed by atoms with E-state index in [-0.39, 0.29) is 5.91 Å². The second kappa shape index (κ2) is 7.01. The Bertz CT molecular complexity index is 581. The van der Waals surface area contributed by atoms with Crippen LogP contribution in [0.3, 0.4) is 0 Å². The van der Waals surface area contributed by atoms with Crippen molar-refractivity contribution >= 4 is 23.4 Å². The molecule has 0 saturated heterocycles. The zero-order valence-electron chi connectivity index (χ0n) is 11.6. The van der Waals surface area contributed by atoms with E-state index >= 15 is 0 Å². The molecule has 0 fully saturated rings. The molecule has 0 atom stereocenters. The summed E-state index contributed by atoms with van der Waals surface area (Å²) in [5, 5.41) is 2.90. The van der Waals surface area contributed by atoms with Gasteiger partial charge < -0.3 is 10.1 Å². The highest BCUT2D eigenvalue weighted by molar-refractivity contribution is 7.99. The van der Waals surface area contributed by atoms with E-state index < -0.39 is 0 Å². The summed E-state index contributed by atoms with van der Waals surface area (Å²) in [7, 11) is 1.62. The molecule has 0 saturated carbocycles. The Labute approximate surface area is 123 Å². The lowest BCUT2D eigenvalue weighted by molar-refractivity contribution is 0.102. The van der Waals surface area contributed by atoms with Gasteiger partial charge in [0, 0.05) is 10.6 Å². The Kier molecular flexibility index (Phi) is 5.07. The van der Waals surface area contributed by atoms with Crippen LogP contribution in [0.2, 0.25) is 0 Å². The van der Waals surface area contributed by atoms with Gasteiger partial charge in [-0.15, -0.1) is 11.8 Å². The van der Waals surface area contributed by atoms with E-state index in [0.717, 1.165) is 22.1 Å². The minimum atomic E-state index is -0.0910. The fraction of sp³-hybridized carbons (Fsp3) is 0.188. The number of amides is 1. The van der Waals surface area contributed by atoms with Gasteiger partial charge in [0.25, 0.3) is 5.91 Å². The van der Waals surface area contributed by atoms with Crippen LogP contribution in [0.5, 0.6) is 5.75 Å². The highest BCUT2D eigenvalue weighted by Crippen LogP contribution is 2.23. The molecule has 0 bridgehead atoms. The van der Waals surface area contributed by atoms with E-state index in [1.54, 1.807) is 18.9 Å². The maximum Gasteiger partial charge on any atom is 0.256 e. The third kappa shape index (κ3) is 3.54. The summed E-state index contributed by atoms with van der Waals surface area (Å²) < 4.78 is 5.09. The molecule has 2 rings (SSSR count). The number of methoxy groups -OCH3 is 1. The highest BCUT2D eigenvalue weighted by Gasteiger charge is 2.11. The third-order valence-corrected chi connectivity index (χ3v) is 3.74. The lowest BCUT2D eigenvalue weighted by Crippen LogP contribution is -2.12. The second-order valence-corrected chi connectivity index (χ2v) is 5.42. The predicted molar refractivity (Wildman–Crippen MR) is 83.8 cm³/mol. The van der Waals surface area contributed by atoms with Gasteiger partial charge in [-0.1, -0.05) is 19.1 Å². The molecule has 0 aliphatic carbocycles. The number of anilines is 1. The minimum Gasteiger partial charge on any atom is -0.497 e. The van der Waals surface area contributed by atoms with Crippen LogP contribution in [0.15, 0.2) is 53.4 Å². The first-order chi connectivity index (χ1) is 9.74. The van der Waals surface area contributed by atoms with Gasteiger partial charge in [-0.3, -0.25) is 4.79 Å². The lowest BCUT2D eigenvalue weighted by Gasteiger charge is -2.09. The van der Waals surface area contributed by atoms with Crippen molar-refractivity contribution in [1.82, 2.24) is 0 Å². The van der Waals surface area contributed by atoms with Gasteiger partial charge in [-0.2, -0.15) is 0 Å². The first-order valence-electron chi connectivity index (χ1n) is 6.42. The van der Waals surface area contributed by atoms with E-state index in [2.05, 4.69) is 12.2 Å². The van der Waals surface area contributed by atoms with Crippen LogP contribution in [0, 0.1) is 0 Å². The lowest BCUT2D eigenvalue weighted by atomic mass is 10.2. The zero-order chi connectivity index (χ0) is 14.4. The molecule has 0 aliphatic rings. The molecule has 0 radical (unpaired) electrons. The first-order valence-corrected chi connectivity index (χ1v) is 7.40. The quantitative estimate of drug-likeness (QED) is 0.843. The molecule has 0 aliphatic heterocycles. The van der Waals surface area contributed by atoms with Crippen molar-refractivity contribution in [2.24, 2.45) is 0 Å². The van der Waals surface area contributed by atoms with E-state index in [9.17, 15) is 4.79 Å². The predicted octanol–water partition coefficient (Wildman–Crippen LogP) is 4.06. The Balaban J connectivity index is 2.15. The van der Waals surface area contributed by atoms with Crippen molar-refractivity contribution in [2.45, 2.75) is 11.8 Å². The molecule has 1 N–H and O–H groups in total. The maximum absolute atomic E-state index is 12.3. The summed E-state index contributed by atoms with van der Waals surface area (Å²) in [6.07, 6.45) is 0. The van der Waals surface area contributed by atoms with Crippen molar-refractivity contribution in [3.05, 3.63) is 54.1 Å². The number of ether oxygens (including phenoxy) is 1. The second-order valence-electron chi connectivity index (χ2n) is 4.11. The maximum atomic E-state index is 12.3. The average molecular weight is 287 g/mol. The van der Waals surface area contributed by atoms with Crippen LogP contribution in [0.4, 0.5) is 5.69 Å². The molecular formula is C16H17NO2S. The van der Waals surface area contributed by atoms with Crippen molar-refractivity contribution in [1.29, 1.82) is 0 Å². The highest BCUT2D eigenvalue weighted by atomic mass is 32.2. The smallest absolute Gasteiger partial charge is 0.256 e. The van der Waals surface area contributed by atoms with Gasteiger partial charge in [0.05, 0.1) is 12.7 Å². The molecule has 2 aromatic carbocycles. The topological polar surface area (TPSA) is 38.3 Å². The molecule has 2 aromatic rings. The standard InChI is InChI=1S/C16H17NO2S/c1-3-20-15-7-5-4-6-14(15)16(18)17-12-8-10-13(19-2)11-9-12/h4-11H,3H2,1-2H3,(H,17,18). The minimum absolute atomic E-state index is 0.0910. The molecule has 104 valence electrons. The average Bonchev–Trinajstić information content (AvgIpc) is 2.49. The molecular weight excluding hydrogens is 270 g/mol. The van der Waals surface area contributed by atoms with Crippen LogP contribution in [0.1, 0.15) is 17.3 Å². The van der Waals surface area contributed by atoms with Crippen molar-refractivity contribution in [3.63, 3.8) is 0 Å². The summed E-state index contributed by atoms with van der Waals surface area (Å²) in [6.45, 7) is 2.07. The van der Waals surface area contributed by atoms with Gasteiger partial charge in [-0.05, 0) is 42.2 Å². The number of nitrogens with one attached hydrogen (secondary N) is 1. The van der Waals surface area contributed by atoms with Gasteiger partial charge in [0.2, 0.25) is 0 Å². The summed E-state index contributed by atoms with van der Waals surface area (Å²) in [6, 6.07) is 14.9. The Hall–Kier alpha value is -1.94. The first kappa shape index (κ1) is 14.5. The number of benzene rings is 2. The van der Waals surface area contributed by atoms with E-state index in [0.29, 0.717) is 5.56 Å². The molecule has 0 aromatic heterocycles. The molecule has 3 nitrogen and oxygen atoms in total. The number of hydrogen-bond acceptors (Lipinski definition) is 3. The van der Waals surface area contributed by atoms with E-state index in [4.69, 9.17) is 4.74 Å². The SMILES string of the molecule is CCSc1ccccc1C(=O)Nc1ccc(OC)cc1. The number of rotatable bonds is 5. The van der Waals surface area contributed by atoms with Crippen LogP contribution in [-0.2, 0) is 0 Å². The summed E-state index contributed by atoms with van der Waals surface area (Å²) in [5.41, 5.74) is 1.46. The molecule has 0 spiro atoms. The van der Waals surface area contributed by atoms with Crippen LogP contribution < -0.4 is 10.1 Å². The van der Waals surface area contributed by atoms with Crippen molar-refractivity contribution in [2.75, 3.05) is 18.2 Å². The fourth-order valence-corrected chi connectivity index (χ4v) is 2.61. The Morgan fingerprint density at radius 1 is 1.15 bits per heavy atom. The molecule has 1 amide bonds. The molecule has 0 heterocycles. The Morgan fingerprint density at radius 2 is 1.85 bits per heavy atom. The number of carbonyl (C=O) groups excluding carboxylic acids is 1. The van der Waals surface area contributed by atoms with Crippen LogP contribution >= 0.6 is 11.8 Å². The normalized spacial score (nSPS) is 10.1. The molecule has 0 unspecified atom stereocenters.